The van der Waals surface area contributed by atoms with Crippen LogP contribution in [0, 0.1) is 6.92 Å². The van der Waals surface area contributed by atoms with Crippen LogP contribution in [0.4, 0.5) is 5.69 Å². The van der Waals surface area contributed by atoms with E-state index in [-0.39, 0.29) is 11.3 Å². The average Bonchev–Trinajstić information content (AvgIpc) is 3.16. The lowest BCUT2D eigenvalue weighted by atomic mass is 9.87. The zero-order chi connectivity index (χ0) is 17.3. The standard InChI is InChI=1S/C19H20N2OS2/c1-12-16(24-18(20-12)15-6-5-11-23-15)17(22)21-14-9-7-13(8-10-14)19(2,3)4/h5-11H,1-4H3,(H,21,22). The summed E-state index contributed by atoms with van der Waals surface area (Å²) >= 11 is 3.07. The van der Waals surface area contributed by atoms with Gasteiger partial charge >= 0.3 is 0 Å². The summed E-state index contributed by atoms with van der Waals surface area (Å²) in [5.74, 6) is -0.101. The second kappa shape index (κ2) is 6.49. The van der Waals surface area contributed by atoms with Gasteiger partial charge in [0.25, 0.3) is 5.91 Å². The molecule has 0 aliphatic carbocycles. The molecule has 0 fully saturated rings. The van der Waals surface area contributed by atoms with Crippen LogP contribution in [0.25, 0.3) is 9.88 Å². The molecular formula is C19H20N2OS2. The summed E-state index contributed by atoms with van der Waals surface area (Å²) in [7, 11) is 0. The lowest BCUT2D eigenvalue weighted by molar-refractivity contribution is 0.103. The topological polar surface area (TPSA) is 42.0 Å². The number of nitrogens with zero attached hydrogens (tertiary/aromatic N) is 1. The first-order valence-electron chi connectivity index (χ1n) is 7.78. The monoisotopic (exact) mass is 356 g/mol. The summed E-state index contributed by atoms with van der Waals surface area (Å²) in [6.07, 6.45) is 0. The fraction of sp³-hybridized carbons (Fsp3) is 0.263. The van der Waals surface area contributed by atoms with Crippen LogP contribution in [-0.2, 0) is 5.41 Å². The van der Waals surface area contributed by atoms with E-state index in [2.05, 4.69) is 43.2 Å². The Kier molecular flexibility index (Phi) is 4.56. The molecule has 124 valence electrons. The van der Waals surface area contributed by atoms with Crippen LogP contribution < -0.4 is 5.32 Å². The Bertz CT molecular complexity index is 841. The summed E-state index contributed by atoms with van der Waals surface area (Å²) in [6, 6.07) is 12.0. The third-order valence-electron chi connectivity index (χ3n) is 3.74. The summed E-state index contributed by atoms with van der Waals surface area (Å²) < 4.78 is 0. The van der Waals surface area contributed by atoms with Crippen LogP contribution >= 0.6 is 22.7 Å². The molecule has 0 unspecified atom stereocenters. The highest BCUT2D eigenvalue weighted by Gasteiger charge is 2.17. The largest absolute Gasteiger partial charge is 0.321 e. The molecule has 2 heterocycles. The molecule has 1 aromatic carbocycles. The van der Waals surface area contributed by atoms with E-state index in [0.29, 0.717) is 4.88 Å². The van der Waals surface area contributed by atoms with E-state index in [1.807, 2.05) is 36.6 Å². The predicted molar refractivity (Wildman–Crippen MR) is 103 cm³/mol. The Morgan fingerprint density at radius 1 is 1.12 bits per heavy atom. The number of hydrogen-bond acceptors (Lipinski definition) is 4. The highest BCUT2D eigenvalue weighted by molar-refractivity contribution is 7.22. The number of aromatic nitrogens is 1. The van der Waals surface area contributed by atoms with E-state index in [1.165, 1.54) is 16.9 Å². The Labute approximate surface area is 150 Å². The number of thiazole rings is 1. The number of carbonyl (C=O) groups excluding carboxylic acids is 1. The molecule has 0 radical (unpaired) electrons. The van der Waals surface area contributed by atoms with E-state index in [4.69, 9.17) is 0 Å². The van der Waals surface area contributed by atoms with E-state index in [1.54, 1.807) is 11.3 Å². The normalized spacial score (nSPS) is 11.5. The minimum Gasteiger partial charge on any atom is -0.321 e. The molecule has 24 heavy (non-hydrogen) atoms. The molecule has 3 aromatic rings. The van der Waals surface area contributed by atoms with Gasteiger partial charge in [0.1, 0.15) is 9.88 Å². The van der Waals surface area contributed by atoms with Crippen molar-refractivity contribution in [3.8, 4) is 9.88 Å². The lowest BCUT2D eigenvalue weighted by Crippen LogP contribution is -2.13. The zero-order valence-corrected chi connectivity index (χ0v) is 15.8. The van der Waals surface area contributed by atoms with Gasteiger partial charge in [0.15, 0.2) is 0 Å². The van der Waals surface area contributed by atoms with Crippen molar-refractivity contribution in [3.63, 3.8) is 0 Å². The van der Waals surface area contributed by atoms with E-state index < -0.39 is 0 Å². The highest BCUT2D eigenvalue weighted by atomic mass is 32.1. The number of thiophene rings is 1. The minimum absolute atomic E-state index is 0.101. The Balaban J connectivity index is 1.78. The fourth-order valence-electron chi connectivity index (χ4n) is 2.35. The number of rotatable bonds is 3. The van der Waals surface area contributed by atoms with Crippen molar-refractivity contribution in [2.45, 2.75) is 33.1 Å². The minimum atomic E-state index is -0.101. The molecule has 0 aliphatic heterocycles. The number of nitrogens with one attached hydrogen (secondary N) is 1. The molecule has 2 aromatic heterocycles. The van der Waals surface area contributed by atoms with E-state index in [0.717, 1.165) is 21.3 Å². The number of anilines is 1. The van der Waals surface area contributed by atoms with Gasteiger partial charge in [0, 0.05) is 5.69 Å². The van der Waals surface area contributed by atoms with Gasteiger partial charge in [-0.05, 0) is 41.5 Å². The van der Waals surface area contributed by atoms with Crippen molar-refractivity contribution >= 4 is 34.3 Å². The molecule has 1 amide bonds. The van der Waals surface area contributed by atoms with Crippen LogP contribution in [0.2, 0.25) is 0 Å². The molecule has 5 heteroatoms. The molecule has 0 saturated carbocycles. The Hall–Kier alpha value is -1.98. The smallest absolute Gasteiger partial charge is 0.267 e. The number of carbonyl (C=O) groups is 1. The van der Waals surface area contributed by atoms with E-state index >= 15 is 0 Å². The number of benzene rings is 1. The Morgan fingerprint density at radius 2 is 1.83 bits per heavy atom. The van der Waals surface area contributed by atoms with Gasteiger partial charge < -0.3 is 5.32 Å². The molecule has 1 N–H and O–H groups in total. The van der Waals surface area contributed by atoms with E-state index in [9.17, 15) is 4.79 Å². The molecule has 0 aliphatic rings. The van der Waals surface area contributed by atoms with Gasteiger partial charge in [-0.3, -0.25) is 4.79 Å². The van der Waals surface area contributed by atoms with Crippen molar-refractivity contribution in [2.75, 3.05) is 5.32 Å². The van der Waals surface area contributed by atoms with Gasteiger partial charge in [-0.1, -0.05) is 39.0 Å². The molecule has 0 saturated heterocycles. The third-order valence-corrected chi connectivity index (χ3v) is 5.94. The van der Waals surface area contributed by atoms with Crippen LogP contribution in [0.15, 0.2) is 41.8 Å². The number of amides is 1. The van der Waals surface area contributed by atoms with Crippen molar-refractivity contribution < 1.29 is 4.79 Å². The maximum Gasteiger partial charge on any atom is 0.267 e. The van der Waals surface area contributed by atoms with Gasteiger partial charge in [0.05, 0.1) is 10.6 Å². The van der Waals surface area contributed by atoms with Crippen molar-refractivity contribution in [3.05, 3.63) is 57.9 Å². The SMILES string of the molecule is Cc1nc(-c2cccs2)sc1C(=O)Nc1ccc(C(C)(C)C)cc1. The Morgan fingerprint density at radius 3 is 2.42 bits per heavy atom. The van der Waals surface area contributed by atoms with Crippen molar-refractivity contribution in [1.29, 1.82) is 0 Å². The van der Waals surface area contributed by atoms with Crippen LogP contribution in [-0.4, -0.2) is 10.9 Å². The maximum absolute atomic E-state index is 12.6. The van der Waals surface area contributed by atoms with Crippen LogP contribution in [0.1, 0.15) is 41.7 Å². The second-order valence-electron chi connectivity index (χ2n) is 6.69. The lowest BCUT2D eigenvalue weighted by Gasteiger charge is -2.19. The maximum atomic E-state index is 12.6. The predicted octanol–water partition coefficient (Wildman–Crippen LogP) is 5.73. The fourth-order valence-corrected chi connectivity index (χ4v) is 4.11. The molecule has 0 atom stereocenters. The molecule has 0 spiro atoms. The highest BCUT2D eigenvalue weighted by Crippen LogP contribution is 2.31. The quantitative estimate of drug-likeness (QED) is 0.651. The molecule has 0 bridgehead atoms. The summed E-state index contributed by atoms with van der Waals surface area (Å²) in [4.78, 5) is 18.9. The first-order chi connectivity index (χ1) is 11.3. The molecule has 3 rings (SSSR count). The average molecular weight is 357 g/mol. The van der Waals surface area contributed by atoms with Crippen molar-refractivity contribution in [2.24, 2.45) is 0 Å². The number of hydrogen-bond donors (Lipinski definition) is 1. The third kappa shape index (κ3) is 3.57. The summed E-state index contributed by atoms with van der Waals surface area (Å²) in [5.41, 5.74) is 2.92. The van der Waals surface area contributed by atoms with Crippen LogP contribution in [0.3, 0.4) is 0 Å². The second-order valence-corrected chi connectivity index (χ2v) is 8.64. The van der Waals surface area contributed by atoms with Gasteiger partial charge in [-0.2, -0.15) is 0 Å². The number of aryl methyl sites for hydroxylation is 1. The van der Waals surface area contributed by atoms with Gasteiger partial charge in [-0.25, -0.2) is 4.98 Å². The first-order valence-corrected chi connectivity index (χ1v) is 9.47. The van der Waals surface area contributed by atoms with Crippen LogP contribution in [0.5, 0.6) is 0 Å². The zero-order valence-electron chi connectivity index (χ0n) is 14.2. The van der Waals surface area contributed by atoms with Gasteiger partial charge in [0.2, 0.25) is 0 Å². The van der Waals surface area contributed by atoms with Crippen molar-refractivity contribution in [1.82, 2.24) is 4.98 Å². The first kappa shape index (κ1) is 16.9. The molecule has 3 nitrogen and oxygen atoms in total. The molecular weight excluding hydrogens is 336 g/mol. The van der Waals surface area contributed by atoms with Gasteiger partial charge in [-0.15, -0.1) is 22.7 Å². The summed E-state index contributed by atoms with van der Waals surface area (Å²) in [6.45, 7) is 8.40. The summed E-state index contributed by atoms with van der Waals surface area (Å²) in [5, 5.41) is 5.89.